The zero-order chi connectivity index (χ0) is 13.7. The van der Waals surface area contributed by atoms with Gasteiger partial charge in [-0.15, -0.1) is 0 Å². The Labute approximate surface area is 137 Å². The largest absolute Gasteiger partial charge is 0.310 e. The highest BCUT2D eigenvalue weighted by atomic mass is 127. The molecule has 19 heavy (non-hydrogen) atoms. The van der Waals surface area contributed by atoms with Crippen molar-refractivity contribution in [1.29, 1.82) is 0 Å². The van der Waals surface area contributed by atoms with Crippen molar-refractivity contribution < 1.29 is 0 Å². The summed E-state index contributed by atoms with van der Waals surface area (Å²) < 4.78 is 2.41. The molecule has 1 nitrogen and oxygen atoms in total. The highest BCUT2D eigenvalue weighted by molar-refractivity contribution is 14.1. The van der Waals surface area contributed by atoms with E-state index in [0.717, 1.165) is 17.4 Å². The Bertz CT molecular complexity index is 507. The van der Waals surface area contributed by atoms with Gasteiger partial charge in [0.25, 0.3) is 0 Å². The maximum atomic E-state index is 3.57. The standard InChI is InChI=1S/C16H17BrIN/c1-2-19-16(13-5-9-15(18)10-6-13)11-12-3-7-14(17)8-4-12/h3-10,16,19H,2,11H2,1H3. The lowest BCUT2D eigenvalue weighted by molar-refractivity contribution is 0.550. The van der Waals surface area contributed by atoms with Crippen molar-refractivity contribution in [2.24, 2.45) is 0 Å². The Kier molecular flexibility index (Phi) is 5.85. The second-order valence-corrected chi connectivity index (χ2v) is 6.65. The van der Waals surface area contributed by atoms with E-state index in [1.54, 1.807) is 0 Å². The van der Waals surface area contributed by atoms with Crippen LogP contribution in [-0.2, 0) is 6.42 Å². The Morgan fingerprint density at radius 2 is 1.68 bits per heavy atom. The molecule has 2 aromatic rings. The molecule has 0 saturated heterocycles. The number of benzene rings is 2. The van der Waals surface area contributed by atoms with Gasteiger partial charge in [0.15, 0.2) is 0 Å². The zero-order valence-electron chi connectivity index (χ0n) is 10.9. The summed E-state index contributed by atoms with van der Waals surface area (Å²) in [5.41, 5.74) is 2.71. The van der Waals surface area contributed by atoms with Crippen molar-refractivity contribution >= 4 is 38.5 Å². The molecule has 0 saturated carbocycles. The summed E-state index contributed by atoms with van der Waals surface area (Å²) in [5, 5.41) is 3.57. The summed E-state index contributed by atoms with van der Waals surface area (Å²) in [6, 6.07) is 17.7. The SMILES string of the molecule is CCNC(Cc1ccc(Br)cc1)c1ccc(I)cc1. The van der Waals surface area contributed by atoms with Gasteiger partial charge >= 0.3 is 0 Å². The Balaban J connectivity index is 2.15. The predicted molar refractivity (Wildman–Crippen MR) is 93.4 cm³/mol. The van der Waals surface area contributed by atoms with Crippen molar-refractivity contribution in [3.05, 3.63) is 67.7 Å². The summed E-state index contributed by atoms with van der Waals surface area (Å²) in [5.74, 6) is 0. The van der Waals surface area contributed by atoms with Crippen molar-refractivity contribution in [3.8, 4) is 0 Å². The number of halogens is 2. The second-order valence-electron chi connectivity index (χ2n) is 4.49. The van der Waals surface area contributed by atoms with Crippen molar-refractivity contribution in [2.75, 3.05) is 6.54 Å². The van der Waals surface area contributed by atoms with Crippen molar-refractivity contribution in [2.45, 2.75) is 19.4 Å². The lowest BCUT2D eigenvalue weighted by Crippen LogP contribution is -2.22. The first-order chi connectivity index (χ1) is 9.19. The van der Waals surface area contributed by atoms with Crippen LogP contribution in [-0.4, -0.2) is 6.54 Å². The van der Waals surface area contributed by atoms with E-state index in [9.17, 15) is 0 Å². The predicted octanol–water partition coefficient (Wildman–Crippen LogP) is 4.95. The van der Waals surface area contributed by atoms with Crippen LogP contribution in [0.25, 0.3) is 0 Å². The fraction of sp³-hybridized carbons (Fsp3) is 0.250. The molecule has 1 N–H and O–H groups in total. The summed E-state index contributed by atoms with van der Waals surface area (Å²) in [4.78, 5) is 0. The molecule has 0 radical (unpaired) electrons. The van der Waals surface area contributed by atoms with E-state index in [1.807, 2.05) is 0 Å². The number of hydrogen-bond donors (Lipinski definition) is 1. The van der Waals surface area contributed by atoms with Crippen LogP contribution in [0.4, 0.5) is 0 Å². The third-order valence-electron chi connectivity index (χ3n) is 3.08. The Hall–Kier alpha value is -0.390. The lowest BCUT2D eigenvalue weighted by atomic mass is 9.99. The van der Waals surface area contributed by atoms with E-state index in [4.69, 9.17) is 0 Å². The van der Waals surface area contributed by atoms with Gasteiger partial charge in [0.1, 0.15) is 0 Å². The van der Waals surface area contributed by atoms with E-state index < -0.39 is 0 Å². The van der Waals surface area contributed by atoms with E-state index in [-0.39, 0.29) is 0 Å². The summed E-state index contributed by atoms with van der Waals surface area (Å²) in [6.07, 6.45) is 1.02. The molecule has 0 aromatic heterocycles. The molecule has 0 heterocycles. The molecule has 0 bridgehead atoms. The molecule has 1 unspecified atom stereocenters. The first kappa shape index (κ1) is 15.0. The van der Waals surface area contributed by atoms with Crippen LogP contribution in [0.5, 0.6) is 0 Å². The Morgan fingerprint density at radius 1 is 1.05 bits per heavy atom. The van der Waals surface area contributed by atoms with Gasteiger partial charge in [-0.1, -0.05) is 47.1 Å². The molecule has 2 rings (SSSR count). The molecule has 1 atom stereocenters. The second kappa shape index (κ2) is 7.41. The van der Waals surface area contributed by atoms with Crippen LogP contribution < -0.4 is 5.32 Å². The van der Waals surface area contributed by atoms with Gasteiger partial charge in [-0.25, -0.2) is 0 Å². The highest BCUT2D eigenvalue weighted by Gasteiger charge is 2.10. The third-order valence-corrected chi connectivity index (χ3v) is 4.32. The third kappa shape index (κ3) is 4.58. The van der Waals surface area contributed by atoms with Crippen LogP contribution >= 0.6 is 38.5 Å². The van der Waals surface area contributed by atoms with Crippen LogP contribution in [0.3, 0.4) is 0 Å². The minimum atomic E-state index is 0.378. The van der Waals surface area contributed by atoms with Crippen LogP contribution in [0.2, 0.25) is 0 Å². The van der Waals surface area contributed by atoms with Gasteiger partial charge in [-0.05, 0) is 70.9 Å². The molecule has 0 aliphatic carbocycles. The topological polar surface area (TPSA) is 12.0 Å². The molecular formula is C16H17BrIN. The lowest BCUT2D eigenvalue weighted by Gasteiger charge is -2.18. The molecular weight excluding hydrogens is 413 g/mol. The van der Waals surface area contributed by atoms with E-state index in [0.29, 0.717) is 6.04 Å². The first-order valence-corrected chi connectivity index (χ1v) is 8.29. The molecule has 2 aromatic carbocycles. The fourth-order valence-corrected chi connectivity index (χ4v) is 2.73. The molecule has 0 spiro atoms. The van der Waals surface area contributed by atoms with Gasteiger partial charge in [0.05, 0.1) is 0 Å². The van der Waals surface area contributed by atoms with Crippen molar-refractivity contribution in [3.63, 3.8) is 0 Å². The molecule has 100 valence electrons. The van der Waals surface area contributed by atoms with Crippen LogP contribution in [0.15, 0.2) is 53.0 Å². The molecule has 0 aliphatic heterocycles. The van der Waals surface area contributed by atoms with Gasteiger partial charge < -0.3 is 5.32 Å². The molecule has 0 fully saturated rings. The smallest absolute Gasteiger partial charge is 0.0360 e. The van der Waals surface area contributed by atoms with Crippen molar-refractivity contribution in [1.82, 2.24) is 5.32 Å². The fourth-order valence-electron chi connectivity index (χ4n) is 2.11. The summed E-state index contributed by atoms with van der Waals surface area (Å²) >= 11 is 5.82. The van der Waals surface area contributed by atoms with Gasteiger partial charge in [-0.3, -0.25) is 0 Å². The maximum Gasteiger partial charge on any atom is 0.0360 e. The van der Waals surface area contributed by atoms with Gasteiger partial charge in [0.2, 0.25) is 0 Å². The average Bonchev–Trinajstić information content (AvgIpc) is 2.42. The normalized spacial score (nSPS) is 12.4. The minimum Gasteiger partial charge on any atom is -0.310 e. The number of likely N-dealkylation sites (N-methyl/N-ethyl adjacent to an activating group) is 1. The van der Waals surface area contributed by atoms with E-state index in [1.165, 1.54) is 14.7 Å². The molecule has 0 aliphatic rings. The molecule has 3 heteroatoms. The summed E-state index contributed by atoms with van der Waals surface area (Å²) in [7, 11) is 0. The quantitative estimate of drug-likeness (QED) is 0.663. The van der Waals surface area contributed by atoms with E-state index >= 15 is 0 Å². The van der Waals surface area contributed by atoms with Gasteiger partial charge in [-0.2, -0.15) is 0 Å². The highest BCUT2D eigenvalue weighted by Crippen LogP contribution is 2.21. The Morgan fingerprint density at radius 3 is 2.26 bits per heavy atom. The molecule has 0 amide bonds. The van der Waals surface area contributed by atoms with Crippen LogP contribution in [0, 0.1) is 3.57 Å². The average molecular weight is 430 g/mol. The van der Waals surface area contributed by atoms with Gasteiger partial charge in [0, 0.05) is 14.1 Å². The number of hydrogen-bond acceptors (Lipinski definition) is 1. The van der Waals surface area contributed by atoms with Crippen LogP contribution in [0.1, 0.15) is 24.1 Å². The first-order valence-electron chi connectivity index (χ1n) is 6.42. The van der Waals surface area contributed by atoms with E-state index in [2.05, 4.69) is 99.3 Å². The minimum absolute atomic E-state index is 0.378. The number of nitrogens with one attached hydrogen (secondary N) is 1. The number of rotatable bonds is 5. The monoisotopic (exact) mass is 429 g/mol. The summed E-state index contributed by atoms with van der Waals surface area (Å²) in [6.45, 7) is 3.13. The zero-order valence-corrected chi connectivity index (χ0v) is 14.6. The maximum absolute atomic E-state index is 3.57.